The van der Waals surface area contributed by atoms with Crippen LogP contribution in [0.5, 0.6) is 0 Å². The summed E-state index contributed by atoms with van der Waals surface area (Å²) in [6, 6.07) is 4.34. The van der Waals surface area contributed by atoms with E-state index in [1.165, 1.54) is 0 Å². The summed E-state index contributed by atoms with van der Waals surface area (Å²) in [5, 5.41) is 4.99. The van der Waals surface area contributed by atoms with E-state index in [9.17, 15) is 0 Å². The standard InChI is InChI=1S/C14H18Cl3NO/c1-3-19-10-6-9(7-10)18-8(2)11-4-5-12(15)14(17)13(11)16/h4-5,8-10,18H,3,6-7H2,1-2H3. The fraction of sp³-hybridized carbons (Fsp3) is 0.571. The molecule has 1 aliphatic carbocycles. The molecule has 1 fully saturated rings. The molecule has 1 saturated carbocycles. The second-order valence-corrected chi connectivity index (χ2v) is 6.06. The van der Waals surface area contributed by atoms with E-state index in [0.717, 1.165) is 25.0 Å². The van der Waals surface area contributed by atoms with Gasteiger partial charge in [0.1, 0.15) is 0 Å². The summed E-state index contributed by atoms with van der Waals surface area (Å²) in [4.78, 5) is 0. The quantitative estimate of drug-likeness (QED) is 0.781. The highest BCUT2D eigenvalue weighted by atomic mass is 35.5. The van der Waals surface area contributed by atoms with Crippen molar-refractivity contribution in [2.45, 2.75) is 44.9 Å². The van der Waals surface area contributed by atoms with Crippen molar-refractivity contribution in [3.05, 3.63) is 32.8 Å². The van der Waals surface area contributed by atoms with E-state index in [4.69, 9.17) is 39.5 Å². The number of benzene rings is 1. The average molecular weight is 323 g/mol. The van der Waals surface area contributed by atoms with Crippen LogP contribution in [0.2, 0.25) is 15.1 Å². The Bertz CT molecular complexity index is 447. The first-order valence-corrected chi connectivity index (χ1v) is 7.67. The topological polar surface area (TPSA) is 21.3 Å². The van der Waals surface area contributed by atoms with Gasteiger partial charge in [-0.3, -0.25) is 0 Å². The predicted octanol–water partition coefficient (Wildman–Crippen LogP) is 4.86. The zero-order chi connectivity index (χ0) is 14.0. The van der Waals surface area contributed by atoms with E-state index in [1.807, 2.05) is 13.0 Å². The summed E-state index contributed by atoms with van der Waals surface area (Å²) in [7, 11) is 0. The molecule has 1 aromatic rings. The van der Waals surface area contributed by atoms with Gasteiger partial charge in [-0.1, -0.05) is 40.9 Å². The Hall–Kier alpha value is 0.01000. The minimum absolute atomic E-state index is 0.148. The number of halogens is 3. The van der Waals surface area contributed by atoms with Gasteiger partial charge in [0, 0.05) is 18.7 Å². The number of hydrogen-bond acceptors (Lipinski definition) is 2. The molecule has 0 aliphatic heterocycles. The van der Waals surface area contributed by atoms with E-state index < -0.39 is 0 Å². The summed E-state index contributed by atoms with van der Waals surface area (Å²) in [5.74, 6) is 0. The second-order valence-electron chi connectivity index (χ2n) is 4.90. The fourth-order valence-corrected chi connectivity index (χ4v) is 3.10. The number of rotatable bonds is 5. The molecule has 5 heteroatoms. The molecule has 1 aromatic carbocycles. The maximum Gasteiger partial charge on any atom is 0.0781 e. The molecule has 0 radical (unpaired) electrons. The summed E-state index contributed by atoms with van der Waals surface area (Å²) >= 11 is 18.2. The minimum atomic E-state index is 0.148. The molecule has 1 aliphatic rings. The van der Waals surface area contributed by atoms with Crippen LogP contribution in [0.3, 0.4) is 0 Å². The molecule has 0 bridgehead atoms. The van der Waals surface area contributed by atoms with Gasteiger partial charge in [0.15, 0.2) is 0 Å². The average Bonchev–Trinajstić information content (AvgIpc) is 2.33. The lowest BCUT2D eigenvalue weighted by Crippen LogP contribution is -2.46. The zero-order valence-corrected chi connectivity index (χ0v) is 13.3. The highest BCUT2D eigenvalue weighted by Gasteiger charge is 2.30. The molecule has 0 saturated heterocycles. The van der Waals surface area contributed by atoms with Crippen LogP contribution < -0.4 is 5.32 Å². The maximum atomic E-state index is 6.24. The van der Waals surface area contributed by atoms with Crippen LogP contribution >= 0.6 is 34.8 Å². The van der Waals surface area contributed by atoms with E-state index in [1.54, 1.807) is 6.07 Å². The summed E-state index contributed by atoms with van der Waals surface area (Å²) < 4.78 is 5.55. The first kappa shape index (κ1) is 15.4. The predicted molar refractivity (Wildman–Crippen MR) is 81.5 cm³/mol. The molecule has 2 nitrogen and oxygen atoms in total. The van der Waals surface area contributed by atoms with Gasteiger partial charge in [0.2, 0.25) is 0 Å². The number of hydrogen-bond donors (Lipinski definition) is 1. The van der Waals surface area contributed by atoms with Crippen molar-refractivity contribution in [1.29, 1.82) is 0 Å². The molecule has 1 unspecified atom stereocenters. The van der Waals surface area contributed by atoms with Gasteiger partial charge in [0.05, 0.1) is 21.2 Å². The molecule has 0 aromatic heterocycles. The van der Waals surface area contributed by atoms with Crippen molar-refractivity contribution in [3.8, 4) is 0 Å². The third-order valence-corrected chi connectivity index (χ3v) is 4.82. The Morgan fingerprint density at radius 3 is 2.58 bits per heavy atom. The van der Waals surface area contributed by atoms with Gasteiger partial charge in [-0.15, -0.1) is 0 Å². The Balaban J connectivity index is 1.94. The van der Waals surface area contributed by atoms with Crippen molar-refractivity contribution in [2.75, 3.05) is 6.61 Å². The van der Waals surface area contributed by atoms with E-state index in [2.05, 4.69) is 12.2 Å². The van der Waals surface area contributed by atoms with Gasteiger partial charge in [-0.05, 0) is 38.3 Å². The van der Waals surface area contributed by atoms with Gasteiger partial charge in [-0.2, -0.15) is 0 Å². The second kappa shape index (κ2) is 6.64. The molecule has 1 atom stereocenters. The van der Waals surface area contributed by atoms with E-state index in [0.29, 0.717) is 27.2 Å². The maximum absolute atomic E-state index is 6.24. The summed E-state index contributed by atoms with van der Waals surface area (Å²) in [5.41, 5.74) is 0.982. The third kappa shape index (κ3) is 3.56. The monoisotopic (exact) mass is 321 g/mol. The molecule has 0 amide bonds. The fourth-order valence-electron chi connectivity index (χ4n) is 2.39. The van der Waals surface area contributed by atoms with Gasteiger partial charge in [-0.25, -0.2) is 0 Å². The molecule has 2 rings (SSSR count). The van der Waals surface area contributed by atoms with Crippen LogP contribution in [0.25, 0.3) is 0 Å². The van der Waals surface area contributed by atoms with Crippen LogP contribution in [0.15, 0.2) is 12.1 Å². The smallest absolute Gasteiger partial charge is 0.0781 e. The summed E-state index contributed by atoms with van der Waals surface area (Å²) in [6.45, 7) is 4.89. The van der Waals surface area contributed by atoms with Crippen molar-refractivity contribution in [1.82, 2.24) is 5.32 Å². The number of nitrogens with one attached hydrogen (secondary N) is 1. The number of ether oxygens (including phenoxy) is 1. The normalized spacial score (nSPS) is 24.1. The van der Waals surface area contributed by atoms with Crippen LogP contribution in [-0.4, -0.2) is 18.8 Å². The van der Waals surface area contributed by atoms with Crippen molar-refractivity contribution in [2.24, 2.45) is 0 Å². The lowest BCUT2D eigenvalue weighted by atomic mass is 9.88. The Labute approximate surface area is 129 Å². The molecule has 1 N–H and O–H groups in total. The van der Waals surface area contributed by atoms with Crippen molar-refractivity contribution in [3.63, 3.8) is 0 Å². The molecular weight excluding hydrogens is 305 g/mol. The van der Waals surface area contributed by atoms with E-state index in [-0.39, 0.29) is 6.04 Å². The molecule has 0 spiro atoms. The third-order valence-electron chi connectivity index (χ3n) is 3.51. The minimum Gasteiger partial charge on any atom is -0.378 e. The summed E-state index contributed by atoms with van der Waals surface area (Å²) in [6.07, 6.45) is 2.51. The highest BCUT2D eigenvalue weighted by Crippen LogP contribution is 2.36. The lowest BCUT2D eigenvalue weighted by molar-refractivity contribution is -0.0120. The first-order chi connectivity index (χ1) is 9.02. The highest BCUT2D eigenvalue weighted by molar-refractivity contribution is 6.48. The molecule has 19 heavy (non-hydrogen) atoms. The lowest BCUT2D eigenvalue weighted by Gasteiger charge is -2.37. The van der Waals surface area contributed by atoms with Crippen molar-refractivity contribution < 1.29 is 4.74 Å². The Morgan fingerprint density at radius 1 is 1.26 bits per heavy atom. The first-order valence-electron chi connectivity index (χ1n) is 6.54. The van der Waals surface area contributed by atoms with Gasteiger partial charge < -0.3 is 10.1 Å². The van der Waals surface area contributed by atoms with Crippen LogP contribution in [0.4, 0.5) is 0 Å². The largest absolute Gasteiger partial charge is 0.378 e. The van der Waals surface area contributed by atoms with Crippen LogP contribution in [-0.2, 0) is 4.74 Å². The molecule has 106 valence electrons. The SMILES string of the molecule is CCOC1CC(NC(C)c2ccc(Cl)c(Cl)c2Cl)C1. The zero-order valence-electron chi connectivity index (χ0n) is 11.1. The van der Waals surface area contributed by atoms with Crippen LogP contribution in [0, 0.1) is 0 Å². The van der Waals surface area contributed by atoms with Crippen LogP contribution in [0.1, 0.15) is 38.3 Å². The van der Waals surface area contributed by atoms with E-state index >= 15 is 0 Å². The van der Waals surface area contributed by atoms with Crippen molar-refractivity contribution >= 4 is 34.8 Å². The van der Waals surface area contributed by atoms with Gasteiger partial charge in [0.25, 0.3) is 0 Å². The molecule has 0 heterocycles. The van der Waals surface area contributed by atoms with Gasteiger partial charge >= 0.3 is 0 Å². The molecular formula is C14H18Cl3NO. The Kier molecular flexibility index (Phi) is 5.38. The Morgan fingerprint density at radius 2 is 1.95 bits per heavy atom.